The predicted molar refractivity (Wildman–Crippen MR) is 68.2 cm³/mol. The minimum absolute atomic E-state index is 0.0551. The number of rotatable bonds is 7. The van der Waals surface area contributed by atoms with Crippen LogP contribution in [0.25, 0.3) is 0 Å². The molecule has 0 amide bonds. The molecule has 6 heteroatoms. The second-order valence-electron chi connectivity index (χ2n) is 4.75. The van der Waals surface area contributed by atoms with Gasteiger partial charge in [0.05, 0.1) is 11.9 Å². The molecule has 0 aromatic heterocycles. The van der Waals surface area contributed by atoms with Crippen molar-refractivity contribution in [2.24, 2.45) is 11.8 Å². The summed E-state index contributed by atoms with van der Waals surface area (Å²) in [5.41, 5.74) is 2.76. The summed E-state index contributed by atoms with van der Waals surface area (Å²) in [6.07, 6.45) is 2.54. The fraction of sp³-hybridized carbons (Fsp3) is 1.00. The van der Waals surface area contributed by atoms with Crippen molar-refractivity contribution < 1.29 is 13.2 Å². The Bertz CT molecular complexity index is 319. The molecule has 0 spiro atoms. The van der Waals surface area contributed by atoms with E-state index in [4.69, 9.17) is 10.6 Å². The second-order valence-corrected chi connectivity index (χ2v) is 7.23. The standard InChI is InChI=1S/C11H24N2O3S/c1-3-17(14,15)8-4-5-10(13-12)11-9(2)6-7-16-11/h9-11,13H,3-8,12H2,1-2H3. The third-order valence-corrected chi connectivity index (χ3v) is 5.26. The zero-order valence-electron chi connectivity index (χ0n) is 10.7. The van der Waals surface area contributed by atoms with E-state index in [9.17, 15) is 8.42 Å². The summed E-state index contributed by atoms with van der Waals surface area (Å²) in [5, 5.41) is 0. The fourth-order valence-electron chi connectivity index (χ4n) is 2.24. The first-order valence-electron chi connectivity index (χ1n) is 6.28. The summed E-state index contributed by atoms with van der Waals surface area (Å²) in [6, 6.07) is 0.0551. The maximum Gasteiger partial charge on any atom is 0.150 e. The third-order valence-electron chi connectivity index (χ3n) is 3.47. The van der Waals surface area contributed by atoms with Crippen LogP contribution in [-0.4, -0.2) is 38.7 Å². The molecule has 3 N–H and O–H groups in total. The molecule has 1 aliphatic heterocycles. The monoisotopic (exact) mass is 264 g/mol. The van der Waals surface area contributed by atoms with Crippen LogP contribution in [0, 0.1) is 5.92 Å². The third kappa shape index (κ3) is 4.54. The van der Waals surface area contributed by atoms with Crippen LogP contribution in [0.3, 0.4) is 0 Å². The van der Waals surface area contributed by atoms with Crippen molar-refractivity contribution in [2.45, 2.75) is 45.3 Å². The predicted octanol–water partition coefficient (Wildman–Crippen LogP) is 0.458. The summed E-state index contributed by atoms with van der Waals surface area (Å²) < 4.78 is 28.4. The first kappa shape index (κ1) is 14.9. The molecule has 1 saturated heterocycles. The van der Waals surface area contributed by atoms with Crippen molar-refractivity contribution in [3.05, 3.63) is 0 Å². The minimum Gasteiger partial charge on any atom is -0.376 e. The van der Waals surface area contributed by atoms with Crippen molar-refractivity contribution in [3.63, 3.8) is 0 Å². The summed E-state index contributed by atoms with van der Waals surface area (Å²) >= 11 is 0. The van der Waals surface area contributed by atoms with Gasteiger partial charge in [-0.25, -0.2) is 8.42 Å². The highest BCUT2D eigenvalue weighted by Gasteiger charge is 2.31. The van der Waals surface area contributed by atoms with Crippen molar-refractivity contribution in [2.75, 3.05) is 18.1 Å². The molecule has 0 aliphatic carbocycles. The number of hydrazine groups is 1. The molecule has 1 fully saturated rings. The molecular weight excluding hydrogens is 240 g/mol. The number of nitrogens with two attached hydrogens (primary N) is 1. The summed E-state index contributed by atoms with van der Waals surface area (Å²) in [4.78, 5) is 0. The molecule has 1 heterocycles. The average molecular weight is 264 g/mol. The van der Waals surface area contributed by atoms with Crippen LogP contribution in [0.1, 0.15) is 33.1 Å². The highest BCUT2D eigenvalue weighted by Crippen LogP contribution is 2.24. The second kappa shape index (κ2) is 6.68. The number of hydrogen-bond acceptors (Lipinski definition) is 5. The molecule has 17 heavy (non-hydrogen) atoms. The van der Waals surface area contributed by atoms with Crippen molar-refractivity contribution in [1.82, 2.24) is 5.43 Å². The Morgan fingerprint density at radius 3 is 2.71 bits per heavy atom. The fourth-order valence-corrected chi connectivity index (χ4v) is 3.14. The van der Waals surface area contributed by atoms with E-state index in [0.29, 0.717) is 12.3 Å². The van der Waals surface area contributed by atoms with Gasteiger partial charge >= 0.3 is 0 Å². The molecule has 102 valence electrons. The Hall–Kier alpha value is -0.170. The molecule has 0 bridgehead atoms. The highest BCUT2D eigenvalue weighted by molar-refractivity contribution is 7.91. The van der Waals surface area contributed by atoms with Crippen molar-refractivity contribution in [3.8, 4) is 0 Å². The number of nitrogens with one attached hydrogen (secondary N) is 1. The molecule has 0 aromatic rings. The molecule has 0 aromatic carbocycles. The molecule has 3 unspecified atom stereocenters. The van der Waals surface area contributed by atoms with Crippen LogP contribution < -0.4 is 11.3 Å². The molecule has 1 rings (SSSR count). The van der Waals surface area contributed by atoms with Gasteiger partial charge in [0.25, 0.3) is 0 Å². The summed E-state index contributed by atoms with van der Waals surface area (Å²) in [5.74, 6) is 6.45. The van der Waals surface area contributed by atoms with Crippen LogP contribution in [-0.2, 0) is 14.6 Å². The Kier molecular flexibility index (Phi) is 5.85. The van der Waals surface area contributed by atoms with Gasteiger partial charge in [-0.05, 0) is 25.2 Å². The van der Waals surface area contributed by atoms with Gasteiger partial charge in [-0.3, -0.25) is 11.3 Å². The van der Waals surface area contributed by atoms with Crippen LogP contribution in [0.15, 0.2) is 0 Å². The Labute approximate surface area is 104 Å². The largest absolute Gasteiger partial charge is 0.376 e. The van der Waals surface area contributed by atoms with Crippen molar-refractivity contribution >= 4 is 9.84 Å². The summed E-state index contributed by atoms with van der Waals surface area (Å²) in [7, 11) is -2.87. The van der Waals surface area contributed by atoms with Crippen molar-refractivity contribution in [1.29, 1.82) is 0 Å². The van der Waals surface area contributed by atoms with Gasteiger partial charge in [-0.15, -0.1) is 0 Å². The number of hydrogen-bond donors (Lipinski definition) is 2. The average Bonchev–Trinajstić information content (AvgIpc) is 2.71. The Balaban J connectivity index is 2.37. The number of sulfone groups is 1. The van der Waals surface area contributed by atoms with Gasteiger partial charge in [-0.1, -0.05) is 13.8 Å². The zero-order valence-corrected chi connectivity index (χ0v) is 11.5. The highest BCUT2D eigenvalue weighted by atomic mass is 32.2. The maximum absolute atomic E-state index is 11.4. The number of ether oxygens (including phenoxy) is 1. The quantitative estimate of drug-likeness (QED) is 0.515. The van der Waals surface area contributed by atoms with E-state index in [-0.39, 0.29) is 23.7 Å². The van der Waals surface area contributed by atoms with E-state index in [1.165, 1.54) is 0 Å². The molecule has 1 aliphatic rings. The van der Waals surface area contributed by atoms with Crippen LogP contribution in [0.5, 0.6) is 0 Å². The van der Waals surface area contributed by atoms with Gasteiger partial charge in [0.15, 0.2) is 0 Å². The van der Waals surface area contributed by atoms with E-state index >= 15 is 0 Å². The van der Waals surface area contributed by atoms with Gasteiger partial charge in [0.1, 0.15) is 9.84 Å². The van der Waals surface area contributed by atoms with E-state index in [1.54, 1.807) is 6.92 Å². The SMILES string of the molecule is CCS(=O)(=O)CCCC(NN)C1OCCC1C. The first-order chi connectivity index (χ1) is 8.00. The molecule has 0 radical (unpaired) electrons. The molecule has 3 atom stereocenters. The van der Waals surface area contributed by atoms with Crippen LogP contribution >= 0.6 is 0 Å². The molecule has 5 nitrogen and oxygen atoms in total. The van der Waals surface area contributed by atoms with E-state index in [2.05, 4.69) is 12.3 Å². The van der Waals surface area contributed by atoms with Crippen LogP contribution in [0.4, 0.5) is 0 Å². The van der Waals surface area contributed by atoms with Gasteiger partial charge in [0.2, 0.25) is 0 Å². The lowest BCUT2D eigenvalue weighted by Crippen LogP contribution is -2.46. The molecule has 0 saturated carbocycles. The minimum atomic E-state index is -2.87. The molecular formula is C11H24N2O3S. The lowest BCUT2D eigenvalue weighted by Gasteiger charge is -2.25. The Morgan fingerprint density at radius 1 is 1.53 bits per heavy atom. The van der Waals surface area contributed by atoms with Gasteiger partial charge in [-0.2, -0.15) is 0 Å². The maximum atomic E-state index is 11.4. The lowest BCUT2D eigenvalue weighted by atomic mass is 9.95. The first-order valence-corrected chi connectivity index (χ1v) is 8.10. The van der Waals surface area contributed by atoms with E-state index in [1.807, 2.05) is 0 Å². The Morgan fingerprint density at radius 2 is 2.24 bits per heavy atom. The van der Waals surface area contributed by atoms with Gasteiger partial charge < -0.3 is 4.74 Å². The lowest BCUT2D eigenvalue weighted by molar-refractivity contribution is 0.0581. The normalized spacial score (nSPS) is 27.2. The van der Waals surface area contributed by atoms with E-state index in [0.717, 1.165) is 19.4 Å². The zero-order chi connectivity index (χ0) is 12.9. The van der Waals surface area contributed by atoms with Crippen LogP contribution in [0.2, 0.25) is 0 Å². The summed E-state index contributed by atoms with van der Waals surface area (Å²) in [6.45, 7) is 4.60. The smallest absolute Gasteiger partial charge is 0.150 e. The topological polar surface area (TPSA) is 81.4 Å². The van der Waals surface area contributed by atoms with Gasteiger partial charge in [0, 0.05) is 18.4 Å². The van der Waals surface area contributed by atoms with E-state index < -0.39 is 9.84 Å².